The summed E-state index contributed by atoms with van der Waals surface area (Å²) in [6, 6.07) is 12.8. The molecule has 0 radical (unpaired) electrons. The van der Waals surface area contributed by atoms with Crippen molar-refractivity contribution in [2.75, 3.05) is 26.9 Å². The van der Waals surface area contributed by atoms with E-state index in [9.17, 15) is 9.59 Å². The summed E-state index contributed by atoms with van der Waals surface area (Å²) in [5.41, 5.74) is 2.44. The van der Waals surface area contributed by atoms with Crippen LogP contribution in [0.1, 0.15) is 22.8 Å². The van der Waals surface area contributed by atoms with Gasteiger partial charge in [-0.1, -0.05) is 29.0 Å². The van der Waals surface area contributed by atoms with E-state index >= 15 is 0 Å². The van der Waals surface area contributed by atoms with Gasteiger partial charge in [-0.2, -0.15) is 4.99 Å². The molecule has 0 unspecified atom stereocenters. The number of hydrogen-bond donors (Lipinski definition) is 0. The number of aromatic nitrogens is 1. The molecule has 0 spiro atoms. The Morgan fingerprint density at radius 1 is 1.13 bits per heavy atom. The van der Waals surface area contributed by atoms with Crippen molar-refractivity contribution in [1.82, 2.24) is 4.57 Å². The zero-order valence-corrected chi connectivity index (χ0v) is 18.0. The van der Waals surface area contributed by atoms with Crippen molar-refractivity contribution < 1.29 is 23.8 Å². The minimum atomic E-state index is -0.410. The summed E-state index contributed by atoms with van der Waals surface area (Å²) in [6.07, 6.45) is 0. The molecule has 0 saturated carbocycles. The van der Waals surface area contributed by atoms with Gasteiger partial charge < -0.3 is 18.8 Å². The second-order valence-electron chi connectivity index (χ2n) is 6.51. The van der Waals surface area contributed by atoms with Gasteiger partial charge in [-0.15, -0.1) is 0 Å². The van der Waals surface area contributed by atoms with E-state index in [4.69, 9.17) is 14.2 Å². The summed E-state index contributed by atoms with van der Waals surface area (Å²) in [4.78, 5) is 29.0. The van der Waals surface area contributed by atoms with Gasteiger partial charge in [-0.3, -0.25) is 4.79 Å². The average Bonchev–Trinajstić information content (AvgIpc) is 3.09. The number of hydrogen-bond acceptors (Lipinski definition) is 6. The van der Waals surface area contributed by atoms with E-state index in [1.54, 1.807) is 12.1 Å². The molecule has 30 heavy (non-hydrogen) atoms. The molecule has 3 aromatic rings. The number of ether oxygens (including phenoxy) is 3. The van der Waals surface area contributed by atoms with Crippen molar-refractivity contribution in [3.8, 4) is 5.75 Å². The first-order valence-electron chi connectivity index (χ1n) is 9.58. The third kappa shape index (κ3) is 5.34. The fourth-order valence-corrected chi connectivity index (χ4v) is 3.95. The van der Waals surface area contributed by atoms with Crippen LogP contribution in [0.5, 0.6) is 5.75 Å². The second-order valence-corrected chi connectivity index (χ2v) is 7.52. The number of fused-ring (bicyclic) bond motifs is 1. The fourth-order valence-electron chi connectivity index (χ4n) is 2.84. The van der Waals surface area contributed by atoms with Crippen molar-refractivity contribution in [2.45, 2.75) is 20.4 Å². The Morgan fingerprint density at radius 3 is 2.60 bits per heavy atom. The third-order valence-electron chi connectivity index (χ3n) is 4.37. The van der Waals surface area contributed by atoms with Crippen molar-refractivity contribution in [1.29, 1.82) is 0 Å². The number of amides is 1. The normalized spacial score (nSPS) is 11.6. The quantitative estimate of drug-likeness (QED) is 0.406. The summed E-state index contributed by atoms with van der Waals surface area (Å²) < 4.78 is 18.6. The van der Waals surface area contributed by atoms with Crippen LogP contribution in [0.25, 0.3) is 10.2 Å². The van der Waals surface area contributed by atoms with Crippen molar-refractivity contribution in [2.24, 2.45) is 4.99 Å². The van der Waals surface area contributed by atoms with Gasteiger partial charge in [0, 0.05) is 13.2 Å². The summed E-state index contributed by atoms with van der Waals surface area (Å²) in [5, 5.41) is 0. The molecule has 0 N–H and O–H groups in total. The molecule has 0 atom stereocenters. The minimum absolute atomic E-state index is 0.157. The van der Waals surface area contributed by atoms with Crippen LogP contribution < -0.4 is 9.54 Å². The molecule has 1 amide bonds. The molecule has 2 aromatic carbocycles. The van der Waals surface area contributed by atoms with Gasteiger partial charge in [0.2, 0.25) is 0 Å². The molecule has 0 fully saturated rings. The number of benzene rings is 2. The Kier molecular flexibility index (Phi) is 7.37. The van der Waals surface area contributed by atoms with Crippen LogP contribution in [0.4, 0.5) is 0 Å². The maximum Gasteiger partial charge on any atom is 0.337 e. The maximum absolute atomic E-state index is 12.4. The topological polar surface area (TPSA) is 79.1 Å². The monoisotopic (exact) mass is 428 g/mol. The molecular weight excluding hydrogens is 404 g/mol. The molecule has 7 nitrogen and oxygen atoms in total. The second kappa shape index (κ2) is 10.2. The van der Waals surface area contributed by atoms with Crippen molar-refractivity contribution in [3.05, 3.63) is 58.4 Å². The Morgan fingerprint density at radius 2 is 1.90 bits per heavy atom. The Labute approximate surface area is 178 Å². The van der Waals surface area contributed by atoms with Crippen LogP contribution in [0.2, 0.25) is 0 Å². The zero-order chi connectivity index (χ0) is 21.5. The van der Waals surface area contributed by atoms with E-state index in [1.165, 1.54) is 18.4 Å². The first-order valence-corrected chi connectivity index (χ1v) is 10.4. The third-order valence-corrected chi connectivity index (χ3v) is 5.41. The van der Waals surface area contributed by atoms with Crippen LogP contribution in [-0.2, 0) is 20.8 Å². The van der Waals surface area contributed by atoms with Gasteiger partial charge in [0.15, 0.2) is 11.4 Å². The van der Waals surface area contributed by atoms with Crippen molar-refractivity contribution in [3.63, 3.8) is 0 Å². The van der Waals surface area contributed by atoms with E-state index in [2.05, 4.69) is 4.99 Å². The summed E-state index contributed by atoms with van der Waals surface area (Å²) in [6.45, 7) is 5.38. The number of thiazole rings is 1. The van der Waals surface area contributed by atoms with Crippen LogP contribution >= 0.6 is 11.3 Å². The molecule has 0 aliphatic heterocycles. The first-order chi connectivity index (χ1) is 14.5. The lowest BCUT2D eigenvalue weighted by Gasteiger charge is -2.06. The lowest BCUT2D eigenvalue weighted by atomic mass is 10.2. The molecule has 1 heterocycles. The lowest BCUT2D eigenvalue weighted by Crippen LogP contribution is -2.21. The number of carbonyl (C=O) groups excluding carboxylic acids is 2. The molecular formula is C22H24N2O5S. The summed E-state index contributed by atoms with van der Waals surface area (Å²) in [7, 11) is 1.34. The highest BCUT2D eigenvalue weighted by Gasteiger charge is 2.12. The molecule has 0 bridgehead atoms. The summed E-state index contributed by atoms with van der Waals surface area (Å²) >= 11 is 1.33. The zero-order valence-electron chi connectivity index (χ0n) is 17.2. The Hall–Kier alpha value is -2.97. The molecule has 0 aliphatic rings. The standard InChI is InChI=1S/C22H24N2O5S/c1-4-28-12-11-24-18-10-7-16(21(26)27-3)13-19(18)30-22(24)23-20(25)14-29-17-8-5-15(2)6-9-17/h5-10,13H,4,11-12,14H2,1-3H3. The Bertz CT molecular complexity index is 1100. The SMILES string of the molecule is CCOCCn1c(=NC(=O)COc2ccc(C)cc2)sc2cc(C(=O)OC)ccc21. The van der Waals surface area contributed by atoms with Gasteiger partial charge >= 0.3 is 5.97 Å². The average molecular weight is 429 g/mol. The number of esters is 1. The molecule has 158 valence electrons. The maximum atomic E-state index is 12.4. The lowest BCUT2D eigenvalue weighted by molar-refractivity contribution is -0.120. The number of methoxy groups -OCH3 is 1. The van der Waals surface area contributed by atoms with Gasteiger partial charge in [0.05, 0.1) is 29.5 Å². The highest BCUT2D eigenvalue weighted by molar-refractivity contribution is 7.16. The predicted molar refractivity (Wildman–Crippen MR) is 115 cm³/mol. The van der Waals surface area contributed by atoms with Crippen LogP contribution in [-0.4, -0.2) is 43.4 Å². The van der Waals surface area contributed by atoms with Crippen LogP contribution in [0.15, 0.2) is 47.5 Å². The van der Waals surface area contributed by atoms with Gasteiger partial charge in [0.1, 0.15) is 5.75 Å². The van der Waals surface area contributed by atoms with E-state index in [0.717, 1.165) is 15.8 Å². The van der Waals surface area contributed by atoms with E-state index in [-0.39, 0.29) is 12.5 Å². The molecule has 0 saturated heterocycles. The van der Waals surface area contributed by atoms with Crippen LogP contribution in [0, 0.1) is 6.92 Å². The number of rotatable bonds is 8. The van der Waals surface area contributed by atoms with E-state index in [1.807, 2.05) is 48.7 Å². The van der Waals surface area contributed by atoms with Crippen molar-refractivity contribution >= 4 is 33.4 Å². The highest BCUT2D eigenvalue weighted by Crippen LogP contribution is 2.20. The summed E-state index contributed by atoms with van der Waals surface area (Å²) in [5.74, 6) is -0.180. The fraction of sp³-hybridized carbons (Fsp3) is 0.318. The van der Waals surface area contributed by atoms with E-state index in [0.29, 0.717) is 35.9 Å². The number of nitrogens with zero attached hydrogens (tertiary/aromatic N) is 2. The van der Waals surface area contributed by atoms with Gasteiger partial charge in [-0.25, -0.2) is 4.79 Å². The van der Waals surface area contributed by atoms with E-state index < -0.39 is 5.97 Å². The van der Waals surface area contributed by atoms with Crippen LogP contribution in [0.3, 0.4) is 0 Å². The molecule has 3 rings (SSSR count). The minimum Gasteiger partial charge on any atom is -0.484 e. The number of aryl methyl sites for hydroxylation is 1. The molecule has 0 aliphatic carbocycles. The molecule has 1 aromatic heterocycles. The predicted octanol–water partition coefficient (Wildman–Crippen LogP) is 3.34. The van der Waals surface area contributed by atoms with Gasteiger partial charge in [-0.05, 0) is 44.2 Å². The first kappa shape index (κ1) is 21.7. The number of carbonyl (C=O) groups is 2. The molecule has 8 heteroatoms. The Balaban J connectivity index is 1.88. The highest BCUT2D eigenvalue weighted by atomic mass is 32.1. The smallest absolute Gasteiger partial charge is 0.337 e. The largest absolute Gasteiger partial charge is 0.484 e. The van der Waals surface area contributed by atoms with Gasteiger partial charge in [0.25, 0.3) is 5.91 Å².